The lowest BCUT2D eigenvalue weighted by Gasteiger charge is -2.14. The van der Waals surface area contributed by atoms with Gasteiger partial charge in [-0.3, -0.25) is 14.0 Å². The molecule has 0 spiro atoms. The molecular weight excluding hydrogens is 452 g/mol. The summed E-state index contributed by atoms with van der Waals surface area (Å²) in [4.78, 5) is 26.0. The van der Waals surface area contributed by atoms with Gasteiger partial charge in [-0.15, -0.1) is 0 Å². The summed E-state index contributed by atoms with van der Waals surface area (Å²) < 4.78 is 16.7. The number of nitrogens with one attached hydrogen (secondary N) is 2. The number of hydrogen-bond donors (Lipinski definition) is 2. The van der Waals surface area contributed by atoms with Crippen molar-refractivity contribution in [2.45, 2.75) is 12.8 Å². The van der Waals surface area contributed by atoms with E-state index in [4.69, 9.17) is 4.84 Å². The van der Waals surface area contributed by atoms with Crippen LogP contribution in [0.25, 0.3) is 5.52 Å². The Labute approximate surface area is 162 Å². The van der Waals surface area contributed by atoms with Gasteiger partial charge in [-0.05, 0) is 59.5 Å². The van der Waals surface area contributed by atoms with Crippen molar-refractivity contribution in [3.63, 3.8) is 0 Å². The number of benzene rings is 1. The largest absolute Gasteiger partial charge is 0.337 e. The number of rotatable bonds is 6. The van der Waals surface area contributed by atoms with Gasteiger partial charge in [0.15, 0.2) is 5.69 Å². The molecule has 0 atom stereocenters. The van der Waals surface area contributed by atoms with E-state index in [0.29, 0.717) is 23.9 Å². The van der Waals surface area contributed by atoms with Crippen LogP contribution in [0.1, 0.15) is 23.3 Å². The van der Waals surface area contributed by atoms with Crippen LogP contribution in [0.15, 0.2) is 36.9 Å². The zero-order valence-corrected chi connectivity index (χ0v) is 15.7. The molecule has 7 nitrogen and oxygen atoms in total. The van der Waals surface area contributed by atoms with E-state index < -0.39 is 11.7 Å². The third-order valence-electron chi connectivity index (χ3n) is 4.04. The molecule has 9 heteroatoms. The molecule has 0 unspecified atom stereocenters. The van der Waals surface area contributed by atoms with Gasteiger partial charge in [-0.25, -0.2) is 19.8 Å². The van der Waals surface area contributed by atoms with E-state index in [2.05, 4.69) is 20.8 Å². The Bertz CT molecular complexity index is 973. The standard InChI is InChI=1S/C17H15FIN5O2/c18-13-5-11(19)3-4-14(13)22-16-15(17(25)23-26-8-10-1-2-10)21-7-12-6-20-9-24(12)16/h3-7,9-10,22H,1-2,8H2,(H,23,25). The molecule has 0 saturated heterocycles. The lowest BCUT2D eigenvalue weighted by molar-refractivity contribution is 0.0266. The highest BCUT2D eigenvalue weighted by Gasteiger charge is 2.23. The third kappa shape index (κ3) is 3.63. The van der Waals surface area contributed by atoms with Crippen LogP contribution in [0.5, 0.6) is 0 Å². The molecule has 1 saturated carbocycles. The second-order valence-electron chi connectivity index (χ2n) is 6.08. The van der Waals surface area contributed by atoms with Crippen LogP contribution in [0, 0.1) is 15.3 Å². The number of anilines is 2. The molecule has 0 aliphatic heterocycles. The predicted octanol–water partition coefficient (Wildman–Crippen LogP) is 3.29. The van der Waals surface area contributed by atoms with Crippen molar-refractivity contribution in [3.8, 4) is 0 Å². The minimum absolute atomic E-state index is 0.0873. The van der Waals surface area contributed by atoms with E-state index >= 15 is 0 Å². The van der Waals surface area contributed by atoms with Crippen molar-refractivity contribution in [1.82, 2.24) is 19.8 Å². The van der Waals surface area contributed by atoms with E-state index in [-0.39, 0.29) is 11.4 Å². The molecule has 1 aliphatic rings. The molecule has 1 aromatic carbocycles. The van der Waals surface area contributed by atoms with Gasteiger partial charge in [0.2, 0.25) is 0 Å². The van der Waals surface area contributed by atoms with Crippen LogP contribution in [0.4, 0.5) is 15.9 Å². The Morgan fingerprint density at radius 2 is 2.23 bits per heavy atom. The lowest BCUT2D eigenvalue weighted by atomic mass is 10.3. The average molecular weight is 467 g/mol. The molecule has 1 aliphatic carbocycles. The zero-order valence-electron chi connectivity index (χ0n) is 13.6. The van der Waals surface area contributed by atoms with E-state index in [1.165, 1.54) is 18.6 Å². The number of nitrogens with zero attached hydrogens (tertiary/aromatic N) is 3. The highest BCUT2D eigenvalue weighted by atomic mass is 127. The van der Waals surface area contributed by atoms with Gasteiger partial charge < -0.3 is 5.32 Å². The average Bonchev–Trinajstić information content (AvgIpc) is 3.31. The predicted molar refractivity (Wildman–Crippen MR) is 102 cm³/mol. The van der Waals surface area contributed by atoms with Gasteiger partial charge in [-0.1, -0.05) is 0 Å². The summed E-state index contributed by atoms with van der Waals surface area (Å²) in [6.07, 6.45) is 6.90. The van der Waals surface area contributed by atoms with Gasteiger partial charge in [0.05, 0.1) is 30.2 Å². The summed E-state index contributed by atoms with van der Waals surface area (Å²) >= 11 is 2.03. The molecule has 0 radical (unpaired) electrons. The van der Waals surface area contributed by atoms with Crippen molar-refractivity contribution in [2.75, 3.05) is 11.9 Å². The molecule has 2 heterocycles. The zero-order chi connectivity index (χ0) is 18.1. The first-order chi connectivity index (χ1) is 12.6. The summed E-state index contributed by atoms with van der Waals surface area (Å²) in [5, 5.41) is 2.96. The summed E-state index contributed by atoms with van der Waals surface area (Å²) in [6, 6.07) is 4.78. The maximum absolute atomic E-state index is 14.3. The summed E-state index contributed by atoms with van der Waals surface area (Å²) in [6.45, 7) is 0.480. The maximum Gasteiger partial charge on any atom is 0.297 e. The topological polar surface area (TPSA) is 80.5 Å². The van der Waals surface area contributed by atoms with Crippen molar-refractivity contribution in [3.05, 3.63) is 52.0 Å². The molecular formula is C17H15FIN5O2. The number of aromatic nitrogens is 3. The van der Waals surface area contributed by atoms with Crippen LogP contribution in [-0.2, 0) is 4.84 Å². The first-order valence-corrected chi connectivity index (χ1v) is 9.15. The Morgan fingerprint density at radius 1 is 1.38 bits per heavy atom. The fourth-order valence-corrected chi connectivity index (χ4v) is 2.91. The van der Waals surface area contributed by atoms with Crippen molar-refractivity contribution >= 4 is 45.5 Å². The Kier molecular flexibility index (Phi) is 4.72. The second-order valence-corrected chi connectivity index (χ2v) is 7.32. The number of hydroxylamine groups is 1. The Morgan fingerprint density at radius 3 is 3.00 bits per heavy atom. The van der Waals surface area contributed by atoms with E-state index in [9.17, 15) is 9.18 Å². The minimum atomic E-state index is -0.505. The number of hydrogen-bond acceptors (Lipinski definition) is 5. The molecule has 2 N–H and O–H groups in total. The molecule has 134 valence electrons. The number of amides is 1. The quantitative estimate of drug-likeness (QED) is 0.430. The van der Waals surface area contributed by atoms with Crippen molar-refractivity contribution in [1.29, 1.82) is 0 Å². The molecule has 3 aromatic rings. The summed E-state index contributed by atoms with van der Waals surface area (Å²) in [5.74, 6) is -0.106. The highest BCUT2D eigenvalue weighted by molar-refractivity contribution is 14.1. The van der Waals surface area contributed by atoms with Crippen molar-refractivity contribution < 1.29 is 14.0 Å². The number of halogens is 2. The Hall–Kier alpha value is -2.27. The van der Waals surface area contributed by atoms with Crippen LogP contribution < -0.4 is 10.8 Å². The highest BCUT2D eigenvalue weighted by Crippen LogP contribution is 2.28. The van der Waals surface area contributed by atoms with Crippen LogP contribution in [0.2, 0.25) is 0 Å². The summed E-state index contributed by atoms with van der Waals surface area (Å²) in [5.41, 5.74) is 3.41. The number of imidazole rings is 1. The van der Waals surface area contributed by atoms with Crippen LogP contribution in [0.3, 0.4) is 0 Å². The lowest BCUT2D eigenvalue weighted by Crippen LogP contribution is -2.27. The monoisotopic (exact) mass is 467 g/mol. The third-order valence-corrected chi connectivity index (χ3v) is 4.71. The first-order valence-electron chi connectivity index (χ1n) is 8.07. The molecule has 2 aromatic heterocycles. The fourth-order valence-electron chi connectivity index (χ4n) is 2.46. The van der Waals surface area contributed by atoms with Crippen molar-refractivity contribution in [2.24, 2.45) is 5.92 Å². The minimum Gasteiger partial charge on any atom is -0.337 e. The maximum atomic E-state index is 14.3. The van der Waals surface area contributed by atoms with Gasteiger partial charge in [0.25, 0.3) is 5.91 Å². The number of fused-ring (bicyclic) bond motifs is 1. The number of carbonyl (C=O) groups is 1. The normalized spacial score (nSPS) is 13.8. The molecule has 4 rings (SSSR count). The van der Waals surface area contributed by atoms with Crippen LogP contribution in [-0.4, -0.2) is 26.9 Å². The molecule has 1 amide bonds. The molecule has 26 heavy (non-hydrogen) atoms. The molecule has 0 bridgehead atoms. The van der Waals surface area contributed by atoms with E-state index in [0.717, 1.165) is 16.4 Å². The van der Waals surface area contributed by atoms with Gasteiger partial charge in [0.1, 0.15) is 18.0 Å². The van der Waals surface area contributed by atoms with Gasteiger partial charge in [-0.2, -0.15) is 0 Å². The first kappa shape index (κ1) is 17.2. The number of carbonyl (C=O) groups excluding carboxylic acids is 1. The fraction of sp³-hybridized carbons (Fsp3) is 0.235. The second kappa shape index (κ2) is 7.16. The Balaban J connectivity index is 1.65. The molecule has 1 fully saturated rings. The van der Waals surface area contributed by atoms with Crippen LogP contribution >= 0.6 is 22.6 Å². The SMILES string of the molecule is O=C(NOCC1CC1)c1ncc2cncn2c1Nc1ccc(I)cc1F. The van der Waals surface area contributed by atoms with E-state index in [1.54, 1.807) is 22.7 Å². The van der Waals surface area contributed by atoms with E-state index in [1.807, 2.05) is 22.6 Å². The van der Waals surface area contributed by atoms with Gasteiger partial charge >= 0.3 is 0 Å². The smallest absolute Gasteiger partial charge is 0.297 e. The van der Waals surface area contributed by atoms with Gasteiger partial charge in [0, 0.05) is 3.57 Å². The summed E-state index contributed by atoms with van der Waals surface area (Å²) in [7, 11) is 0.